The minimum absolute atomic E-state index is 0.220. The summed E-state index contributed by atoms with van der Waals surface area (Å²) in [6.07, 6.45) is 13.6. The van der Waals surface area contributed by atoms with Gasteiger partial charge in [0.05, 0.1) is 5.70 Å². The van der Waals surface area contributed by atoms with E-state index < -0.39 is 0 Å². The summed E-state index contributed by atoms with van der Waals surface area (Å²) in [6.45, 7) is 19.3. The van der Waals surface area contributed by atoms with Gasteiger partial charge in [-0.2, -0.15) is 0 Å². The molecule has 31 heavy (non-hydrogen) atoms. The highest BCUT2D eigenvalue weighted by atomic mass is 15.2. The van der Waals surface area contributed by atoms with Gasteiger partial charge in [-0.1, -0.05) is 82.4 Å². The van der Waals surface area contributed by atoms with E-state index in [9.17, 15) is 0 Å². The Hall–Kier alpha value is -1.87. The Balaban J connectivity index is 2.16. The van der Waals surface area contributed by atoms with Crippen LogP contribution in [-0.4, -0.2) is 36.3 Å². The quantitative estimate of drug-likeness (QED) is 0.254. The molecule has 0 spiro atoms. The average molecular weight is 424 g/mol. The van der Waals surface area contributed by atoms with Gasteiger partial charge in [-0.3, -0.25) is 9.89 Å². The van der Waals surface area contributed by atoms with Crippen molar-refractivity contribution in [1.29, 1.82) is 0 Å². The number of rotatable bonds is 14. The Kier molecular flexibility index (Phi) is 10.5. The molecule has 0 bridgehead atoms. The molecule has 1 fully saturated rings. The second-order valence-corrected chi connectivity index (χ2v) is 9.58. The third kappa shape index (κ3) is 8.29. The van der Waals surface area contributed by atoms with Crippen LogP contribution in [0.4, 0.5) is 0 Å². The molecule has 1 N–H and O–H groups in total. The van der Waals surface area contributed by atoms with Crippen LogP contribution in [0.15, 0.2) is 47.6 Å². The smallest absolute Gasteiger partial charge is 0.0670 e. The van der Waals surface area contributed by atoms with E-state index in [4.69, 9.17) is 0 Å². The number of hydrogen-bond acceptors (Lipinski definition) is 3. The van der Waals surface area contributed by atoms with E-state index >= 15 is 0 Å². The maximum absolute atomic E-state index is 4.42. The van der Waals surface area contributed by atoms with Crippen LogP contribution >= 0.6 is 0 Å². The highest BCUT2D eigenvalue weighted by molar-refractivity contribution is 5.68. The van der Waals surface area contributed by atoms with Crippen LogP contribution in [-0.2, 0) is 0 Å². The van der Waals surface area contributed by atoms with E-state index in [0.717, 1.165) is 36.5 Å². The second-order valence-electron chi connectivity index (χ2n) is 9.58. The first-order chi connectivity index (χ1) is 14.9. The molecule has 0 radical (unpaired) electrons. The minimum atomic E-state index is 0.220. The van der Waals surface area contributed by atoms with Crippen LogP contribution < -0.4 is 5.32 Å². The van der Waals surface area contributed by atoms with Crippen molar-refractivity contribution in [2.45, 2.75) is 97.1 Å². The number of nitrogens with one attached hydrogen (secondary N) is 1. The fourth-order valence-electron chi connectivity index (χ4n) is 4.72. The van der Waals surface area contributed by atoms with Crippen molar-refractivity contribution in [3.05, 3.63) is 53.7 Å². The molecule has 0 aliphatic heterocycles. The average Bonchev–Trinajstić information content (AvgIpc) is 3.18. The Labute approximate surface area is 191 Å². The number of hydrogen-bond donors (Lipinski definition) is 1. The molecule has 0 aromatic heterocycles. The summed E-state index contributed by atoms with van der Waals surface area (Å²) in [5, 5.41) is 3.78. The molecule has 2 rings (SSSR count). The van der Waals surface area contributed by atoms with Crippen LogP contribution in [0.2, 0.25) is 0 Å². The van der Waals surface area contributed by atoms with Crippen molar-refractivity contribution in [3.8, 4) is 0 Å². The van der Waals surface area contributed by atoms with Gasteiger partial charge >= 0.3 is 0 Å². The zero-order valence-electron chi connectivity index (χ0n) is 20.6. The molecule has 0 saturated heterocycles. The van der Waals surface area contributed by atoms with Crippen molar-refractivity contribution in [2.75, 3.05) is 13.1 Å². The van der Waals surface area contributed by atoms with Crippen LogP contribution in [0.25, 0.3) is 5.70 Å². The first-order valence-electron chi connectivity index (χ1n) is 12.4. The lowest BCUT2D eigenvalue weighted by Gasteiger charge is -2.34. The molecular weight excluding hydrogens is 378 g/mol. The second kappa shape index (κ2) is 12.9. The van der Waals surface area contributed by atoms with Gasteiger partial charge in [0, 0.05) is 23.8 Å². The fourth-order valence-corrected chi connectivity index (χ4v) is 4.72. The summed E-state index contributed by atoms with van der Waals surface area (Å²) in [6, 6.07) is 8.90. The van der Waals surface area contributed by atoms with Crippen molar-refractivity contribution in [3.63, 3.8) is 0 Å². The highest BCUT2D eigenvalue weighted by Gasteiger charge is 2.29. The van der Waals surface area contributed by atoms with Gasteiger partial charge in [0.25, 0.3) is 0 Å². The van der Waals surface area contributed by atoms with Crippen molar-refractivity contribution in [1.82, 2.24) is 10.2 Å². The molecule has 1 unspecified atom stereocenters. The monoisotopic (exact) mass is 423 g/mol. The SMILES string of the molecule is C=N/C(=C\C(CC)N(CCCCCC)CC(=C)NC1(C)CCCC1)c1ccc(C)cc1. The fraction of sp³-hybridized carbons (Fsp3) is 0.607. The third-order valence-electron chi connectivity index (χ3n) is 6.63. The molecule has 1 aliphatic rings. The van der Waals surface area contributed by atoms with E-state index in [-0.39, 0.29) is 5.54 Å². The largest absolute Gasteiger partial charge is 0.383 e. The number of aryl methyl sites for hydroxylation is 1. The molecule has 1 aromatic rings. The van der Waals surface area contributed by atoms with Gasteiger partial charge in [-0.25, -0.2) is 0 Å². The maximum atomic E-state index is 4.42. The number of nitrogens with zero attached hydrogens (tertiary/aromatic N) is 2. The maximum Gasteiger partial charge on any atom is 0.0670 e. The van der Waals surface area contributed by atoms with Crippen LogP contribution in [0, 0.1) is 6.92 Å². The van der Waals surface area contributed by atoms with Crippen molar-refractivity contribution < 1.29 is 0 Å². The van der Waals surface area contributed by atoms with E-state index in [1.807, 2.05) is 0 Å². The zero-order valence-corrected chi connectivity index (χ0v) is 20.6. The van der Waals surface area contributed by atoms with E-state index in [1.54, 1.807) is 0 Å². The number of unbranched alkanes of at least 4 members (excludes halogenated alkanes) is 3. The van der Waals surface area contributed by atoms with Gasteiger partial charge < -0.3 is 5.32 Å². The van der Waals surface area contributed by atoms with Gasteiger partial charge in [-0.05, 0) is 64.4 Å². The lowest BCUT2D eigenvalue weighted by molar-refractivity contribution is 0.228. The molecule has 1 saturated carbocycles. The molecule has 0 heterocycles. The Morgan fingerprint density at radius 2 is 1.84 bits per heavy atom. The van der Waals surface area contributed by atoms with Gasteiger partial charge in [0.2, 0.25) is 0 Å². The summed E-state index contributed by atoms with van der Waals surface area (Å²) in [7, 11) is 0. The lowest BCUT2D eigenvalue weighted by atomic mass is 10.00. The van der Waals surface area contributed by atoms with E-state index in [0.29, 0.717) is 6.04 Å². The van der Waals surface area contributed by atoms with E-state index in [1.165, 1.54) is 56.9 Å². The lowest BCUT2D eigenvalue weighted by Crippen LogP contribution is -2.44. The third-order valence-corrected chi connectivity index (χ3v) is 6.63. The van der Waals surface area contributed by atoms with Crippen molar-refractivity contribution in [2.24, 2.45) is 4.99 Å². The predicted molar refractivity (Wildman–Crippen MR) is 138 cm³/mol. The van der Waals surface area contributed by atoms with Gasteiger partial charge in [0.1, 0.15) is 0 Å². The Morgan fingerprint density at radius 3 is 2.42 bits per heavy atom. The summed E-state index contributed by atoms with van der Waals surface area (Å²) in [5.41, 5.74) is 4.75. The van der Waals surface area contributed by atoms with Crippen LogP contribution in [0.3, 0.4) is 0 Å². The predicted octanol–water partition coefficient (Wildman–Crippen LogP) is 7.13. The number of aliphatic imine (C=N–C) groups is 1. The topological polar surface area (TPSA) is 27.6 Å². The van der Waals surface area contributed by atoms with E-state index in [2.05, 4.69) is 86.5 Å². The Bertz CT molecular complexity index is 710. The van der Waals surface area contributed by atoms with Crippen LogP contribution in [0.5, 0.6) is 0 Å². The standard InChI is InChI=1S/C28H45N3/c1-7-9-10-13-20-31(22-24(4)30-28(5)18-11-12-19-28)26(8-2)21-27(29-6)25-16-14-23(3)15-17-25/h14-17,21,26,30H,4,6-13,18-20,22H2,1-3,5H3/b27-21-. The van der Waals surface area contributed by atoms with Gasteiger partial charge in [-0.15, -0.1) is 0 Å². The summed E-state index contributed by atoms with van der Waals surface area (Å²) in [5.74, 6) is 0. The molecule has 1 atom stereocenters. The Morgan fingerprint density at radius 1 is 1.16 bits per heavy atom. The summed E-state index contributed by atoms with van der Waals surface area (Å²) >= 11 is 0. The molecule has 1 aromatic carbocycles. The molecular formula is C28H45N3. The molecule has 1 aliphatic carbocycles. The molecule has 3 heteroatoms. The summed E-state index contributed by atoms with van der Waals surface area (Å²) in [4.78, 5) is 6.97. The zero-order chi connectivity index (χ0) is 22.7. The first-order valence-corrected chi connectivity index (χ1v) is 12.4. The van der Waals surface area contributed by atoms with Crippen molar-refractivity contribution >= 4 is 12.4 Å². The molecule has 3 nitrogen and oxygen atoms in total. The number of benzene rings is 1. The molecule has 0 amide bonds. The highest BCUT2D eigenvalue weighted by Crippen LogP contribution is 2.30. The van der Waals surface area contributed by atoms with Crippen LogP contribution in [0.1, 0.15) is 89.7 Å². The molecule has 172 valence electrons. The summed E-state index contributed by atoms with van der Waals surface area (Å²) < 4.78 is 0. The van der Waals surface area contributed by atoms with Gasteiger partial charge in [0.15, 0.2) is 0 Å². The normalized spacial score (nSPS) is 17.0. The minimum Gasteiger partial charge on any atom is -0.383 e. The first kappa shape index (κ1) is 25.4.